The normalized spacial score (nSPS) is 11.4. The Morgan fingerprint density at radius 3 is 2.64 bits per heavy atom. The maximum atomic E-state index is 5.98. The van der Waals surface area contributed by atoms with Crippen molar-refractivity contribution < 1.29 is 0 Å². The van der Waals surface area contributed by atoms with Crippen LogP contribution in [-0.4, -0.2) is 19.6 Å². The second-order valence-electron chi connectivity index (χ2n) is 5.04. The Hall–Kier alpha value is -2.24. The molecule has 110 valence electrons. The number of aromatic amines is 1. The van der Waals surface area contributed by atoms with Gasteiger partial charge in [-0.05, 0) is 48.9 Å². The van der Waals surface area contributed by atoms with Gasteiger partial charge in [-0.25, -0.2) is 9.50 Å². The van der Waals surface area contributed by atoms with Crippen LogP contribution in [0.25, 0.3) is 16.8 Å². The van der Waals surface area contributed by atoms with Crippen molar-refractivity contribution in [2.45, 2.75) is 6.92 Å². The zero-order valence-electron chi connectivity index (χ0n) is 11.6. The molecule has 0 aliphatic carbocycles. The van der Waals surface area contributed by atoms with Crippen LogP contribution in [0.15, 0.2) is 36.4 Å². The van der Waals surface area contributed by atoms with E-state index in [1.54, 1.807) is 0 Å². The summed E-state index contributed by atoms with van der Waals surface area (Å²) < 4.78 is 1.82. The molecule has 0 fully saturated rings. The van der Waals surface area contributed by atoms with Crippen molar-refractivity contribution in [1.82, 2.24) is 19.6 Å². The van der Waals surface area contributed by atoms with Crippen LogP contribution in [0.3, 0.4) is 0 Å². The lowest BCUT2D eigenvalue weighted by molar-refractivity contribution is 1.01. The van der Waals surface area contributed by atoms with E-state index in [1.165, 1.54) is 0 Å². The van der Waals surface area contributed by atoms with Crippen molar-refractivity contribution in [2.24, 2.45) is 0 Å². The highest BCUT2D eigenvalue weighted by atomic mass is 35.5. The average molecular weight is 332 g/mol. The third-order valence-corrected chi connectivity index (χ3v) is 3.94. The van der Waals surface area contributed by atoms with E-state index in [1.807, 2.05) is 47.8 Å². The summed E-state index contributed by atoms with van der Waals surface area (Å²) in [7, 11) is 0. The van der Waals surface area contributed by atoms with Crippen molar-refractivity contribution in [1.29, 1.82) is 0 Å². The zero-order chi connectivity index (χ0) is 15.3. The van der Waals surface area contributed by atoms with Crippen molar-refractivity contribution >= 4 is 51.6 Å². The van der Waals surface area contributed by atoms with Gasteiger partial charge in [0.05, 0.1) is 11.0 Å². The van der Waals surface area contributed by atoms with Crippen LogP contribution in [-0.2, 0) is 0 Å². The average Bonchev–Trinajstić information content (AvgIpc) is 2.98. The van der Waals surface area contributed by atoms with Gasteiger partial charge in [0.25, 0.3) is 5.78 Å². The molecular weight excluding hydrogens is 321 g/mol. The summed E-state index contributed by atoms with van der Waals surface area (Å²) in [4.78, 5) is 8.90. The Bertz CT molecular complexity index is 1000. The molecule has 5 nitrogen and oxygen atoms in total. The first kappa shape index (κ1) is 13.4. The molecule has 0 unspecified atom stereocenters. The van der Waals surface area contributed by atoms with Crippen molar-refractivity contribution in [3.8, 4) is 0 Å². The zero-order valence-corrected chi connectivity index (χ0v) is 13.1. The second kappa shape index (κ2) is 4.90. The van der Waals surface area contributed by atoms with Crippen LogP contribution in [0.4, 0.5) is 11.6 Å². The summed E-state index contributed by atoms with van der Waals surface area (Å²) in [5, 5.41) is 7.79. The van der Waals surface area contributed by atoms with E-state index in [4.69, 9.17) is 23.2 Å². The highest BCUT2D eigenvalue weighted by Gasteiger charge is 2.10. The SMILES string of the molecule is Cc1cc(Cl)ccc1Nc1nc2nc3cc(Cl)ccc3n2[nH]1. The van der Waals surface area contributed by atoms with Gasteiger partial charge in [0.15, 0.2) is 0 Å². The summed E-state index contributed by atoms with van der Waals surface area (Å²) >= 11 is 11.9. The van der Waals surface area contributed by atoms with Gasteiger partial charge in [-0.2, -0.15) is 4.98 Å². The monoisotopic (exact) mass is 331 g/mol. The lowest BCUT2D eigenvalue weighted by Gasteiger charge is -2.06. The highest BCUT2D eigenvalue weighted by Crippen LogP contribution is 2.24. The quantitative estimate of drug-likeness (QED) is 0.565. The standard InChI is InChI=1S/C15H11Cl2N5/c1-8-6-9(16)2-4-11(8)18-14-20-15-19-12-7-10(17)3-5-13(12)22(15)21-14/h2-7H,1H3,(H2,18,19,20,21). The molecule has 0 amide bonds. The van der Waals surface area contributed by atoms with E-state index >= 15 is 0 Å². The first-order chi connectivity index (χ1) is 10.6. The lowest BCUT2D eigenvalue weighted by atomic mass is 10.2. The number of imidazole rings is 1. The molecule has 22 heavy (non-hydrogen) atoms. The Balaban J connectivity index is 1.76. The summed E-state index contributed by atoms with van der Waals surface area (Å²) in [6.45, 7) is 1.99. The minimum Gasteiger partial charge on any atom is -0.324 e. The highest BCUT2D eigenvalue weighted by molar-refractivity contribution is 6.31. The molecule has 7 heteroatoms. The summed E-state index contributed by atoms with van der Waals surface area (Å²) in [5.74, 6) is 1.20. The molecule has 2 aromatic carbocycles. The Morgan fingerprint density at radius 2 is 1.82 bits per heavy atom. The fraction of sp³-hybridized carbons (Fsp3) is 0.0667. The van der Waals surface area contributed by atoms with Crippen LogP contribution in [0, 0.1) is 6.92 Å². The molecule has 0 saturated carbocycles. The smallest absolute Gasteiger partial charge is 0.253 e. The topological polar surface area (TPSA) is 58.0 Å². The molecule has 2 aromatic heterocycles. The number of hydrogen-bond donors (Lipinski definition) is 2. The van der Waals surface area contributed by atoms with Crippen LogP contribution >= 0.6 is 23.2 Å². The molecule has 0 atom stereocenters. The van der Waals surface area contributed by atoms with E-state index in [2.05, 4.69) is 20.4 Å². The van der Waals surface area contributed by atoms with Crippen molar-refractivity contribution in [3.63, 3.8) is 0 Å². The molecule has 0 radical (unpaired) electrons. The molecule has 0 aliphatic rings. The Labute approximate surface area is 135 Å². The molecule has 2 heterocycles. The number of H-pyrrole nitrogens is 1. The van der Waals surface area contributed by atoms with E-state index in [0.717, 1.165) is 22.3 Å². The van der Waals surface area contributed by atoms with Crippen LogP contribution in [0.1, 0.15) is 5.56 Å². The predicted molar refractivity (Wildman–Crippen MR) is 89.3 cm³/mol. The molecule has 0 spiro atoms. The number of rotatable bonds is 2. The Morgan fingerprint density at radius 1 is 1.05 bits per heavy atom. The fourth-order valence-corrected chi connectivity index (χ4v) is 2.80. The summed E-state index contributed by atoms with van der Waals surface area (Å²) in [6.07, 6.45) is 0. The van der Waals surface area contributed by atoms with Gasteiger partial charge in [0, 0.05) is 15.7 Å². The molecule has 0 aliphatic heterocycles. The Kier molecular flexibility index (Phi) is 2.99. The number of hydrogen-bond acceptors (Lipinski definition) is 3. The molecule has 4 rings (SSSR count). The second-order valence-corrected chi connectivity index (χ2v) is 5.91. The van der Waals surface area contributed by atoms with Crippen LogP contribution in [0.2, 0.25) is 10.0 Å². The summed E-state index contributed by atoms with van der Waals surface area (Å²) in [5.41, 5.74) is 3.71. The van der Waals surface area contributed by atoms with E-state index in [0.29, 0.717) is 21.8 Å². The first-order valence-electron chi connectivity index (χ1n) is 6.67. The maximum Gasteiger partial charge on any atom is 0.253 e. The van der Waals surface area contributed by atoms with E-state index in [-0.39, 0.29) is 0 Å². The fourth-order valence-electron chi connectivity index (χ4n) is 2.41. The third-order valence-electron chi connectivity index (χ3n) is 3.47. The number of benzene rings is 2. The van der Waals surface area contributed by atoms with Gasteiger partial charge in [0.1, 0.15) is 0 Å². The van der Waals surface area contributed by atoms with E-state index in [9.17, 15) is 0 Å². The molecule has 4 aromatic rings. The maximum absolute atomic E-state index is 5.98. The largest absolute Gasteiger partial charge is 0.324 e. The lowest BCUT2D eigenvalue weighted by Crippen LogP contribution is -1.95. The molecule has 0 saturated heterocycles. The van der Waals surface area contributed by atoms with Gasteiger partial charge >= 0.3 is 0 Å². The predicted octanol–water partition coefficient (Wildman–Crippen LogP) is 4.57. The van der Waals surface area contributed by atoms with Crippen molar-refractivity contribution in [3.05, 3.63) is 52.0 Å². The summed E-state index contributed by atoms with van der Waals surface area (Å²) in [6, 6.07) is 11.2. The number of halogens is 2. The number of fused-ring (bicyclic) bond motifs is 3. The first-order valence-corrected chi connectivity index (χ1v) is 7.43. The minimum atomic E-state index is 0.589. The number of aryl methyl sites for hydroxylation is 1. The third kappa shape index (κ3) is 2.19. The van der Waals surface area contributed by atoms with Gasteiger partial charge in [-0.1, -0.05) is 23.2 Å². The van der Waals surface area contributed by atoms with Gasteiger partial charge in [-0.15, -0.1) is 0 Å². The number of nitrogens with zero attached hydrogens (tertiary/aromatic N) is 3. The number of anilines is 2. The minimum absolute atomic E-state index is 0.589. The molecular formula is C15H11Cl2N5. The van der Waals surface area contributed by atoms with Crippen LogP contribution in [0.5, 0.6) is 0 Å². The van der Waals surface area contributed by atoms with E-state index < -0.39 is 0 Å². The van der Waals surface area contributed by atoms with Crippen molar-refractivity contribution in [2.75, 3.05) is 5.32 Å². The van der Waals surface area contributed by atoms with Crippen LogP contribution < -0.4 is 5.32 Å². The van der Waals surface area contributed by atoms with Gasteiger partial charge in [-0.3, -0.25) is 5.10 Å². The van der Waals surface area contributed by atoms with Gasteiger partial charge in [0.2, 0.25) is 5.95 Å². The number of nitrogens with one attached hydrogen (secondary N) is 2. The molecule has 2 N–H and O–H groups in total. The molecule has 0 bridgehead atoms. The van der Waals surface area contributed by atoms with Gasteiger partial charge < -0.3 is 5.32 Å². The number of aromatic nitrogens is 4.